The van der Waals surface area contributed by atoms with Gasteiger partial charge in [0.2, 0.25) is 0 Å². The highest BCUT2D eigenvalue weighted by atomic mass is 16.5. The molecule has 0 spiro atoms. The molecule has 1 fully saturated rings. The number of Topliss-reactive ketones (excluding diaryl/α,β-unsaturated/α-hetero) is 2. The molecule has 1 aliphatic rings. The van der Waals surface area contributed by atoms with E-state index in [-0.39, 0.29) is 23.6 Å². The lowest BCUT2D eigenvalue weighted by atomic mass is 9.83. The number of rotatable bonds is 12. The Morgan fingerprint density at radius 1 is 0.842 bits per heavy atom. The average molecular weight is 512 g/mol. The van der Waals surface area contributed by atoms with E-state index in [1.54, 1.807) is 6.07 Å². The van der Waals surface area contributed by atoms with Crippen molar-refractivity contribution < 1.29 is 19.1 Å². The van der Waals surface area contributed by atoms with Crippen molar-refractivity contribution in [2.24, 2.45) is 5.92 Å². The van der Waals surface area contributed by atoms with E-state index in [0.717, 1.165) is 36.8 Å². The SMILES string of the molecule is CC(=O)c1ccccc1NC(C(=O)O[C@@H](CCCC(=O)c1ccccc1)C1CCCCC1)c1ccccc1. The largest absolute Gasteiger partial charge is 0.460 e. The van der Waals surface area contributed by atoms with E-state index in [1.165, 1.54) is 13.3 Å². The van der Waals surface area contributed by atoms with Crippen LogP contribution in [-0.2, 0) is 9.53 Å². The van der Waals surface area contributed by atoms with Crippen molar-refractivity contribution in [2.45, 2.75) is 70.4 Å². The zero-order valence-corrected chi connectivity index (χ0v) is 22.1. The molecule has 1 aliphatic carbocycles. The first-order valence-corrected chi connectivity index (χ1v) is 13.7. The molecule has 0 heterocycles. The number of ether oxygens (including phenoxy) is 1. The van der Waals surface area contributed by atoms with Crippen LogP contribution in [0.5, 0.6) is 0 Å². The fourth-order valence-corrected chi connectivity index (χ4v) is 5.34. The quantitative estimate of drug-likeness (QED) is 0.200. The summed E-state index contributed by atoms with van der Waals surface area (Å²) in [5, 5.41) is 3.30. The molecule has 1 N–H and O–H groups in total. The van der Waals surface area contributed by atoms with Gasteiger partial charge in [-0.15, -0.1) is 0 Å². The van der Waals surface area contributed by atoms with E-state index >= 15 is 0 Å². The molecule has 5 nitrogen and oxygen atoms in total. The van der Waals surface area contributed by atoms with Crippen LogP contribution in [0.25, 0.3) is 0 Å². The number of benzene rings is 3. The Kier molecular flexibility index (Phi) is 9.85. The van der Waals surface area contributed by atoms with Crippen molar-refractivity contribution in [3.8, 4) is 0 Å². The van der Waals surface area contributed by atoms with Crippen molar-refractivity contribution in [2.75, 3.05) is 5.32 Å². The molecular weight excluding hydrogens is 474 g/mol. The summed E-state index contributed by atoms with van der Waals surface area (Å²) in [6.45, 7) is 1.52. The molecule has 5 heteroatoms. The van der Waals surface area contributed by atoms with Gasteiger partial charge in [-0.05, 0) is 56.2 Å². The third-order valence-electron chi connectivity index (χ3n) is 7.41. The minimum Gasteiger partial charge on any atom is -0.460 e. The molecule has 1 saturated carbocycles. The Morgan fingerprint density at radius 2 is 1.47 bits per heavy atom. The number of anilines is 1. The lowest BCUT2D eigenvalue weighted by Gasteiger charge is -2.31. The molecule has 0 aliphatic heterocycles. The van der Waals surface area contributed by atoms with Crippen LogP contribution in [0.2, 0.25) is 0 Å². The number of hydrogen-bond donors (Lipinski definition) is 1. The molecule has 198 valence electrons. The van der Waals surface area contributed by atoms with Crippen LogP contribution in [-0.4, -0.2) is 23.6 Å². The van der Waals surface area contributed by atoms with E-state index in [0.29, 0.717) is 36.4 Å². The number of carbonyl (C=O) groups is 3. The Hall–Kier alpha value is -3.73. The molecule has 3 aromatic carbocycles. The molecule has 2 atom stereocenters. The van der Waals surface area contributed by atoms with E-state index in [1.807, 2.05) is 78.9 Å². The molecule has 1 unspecified atom stereocenters. The van der Waals surface area contributed by atoms with Gasteiger partial charge in [0.15, 0.2) is 17.6 Å². The minimum absolute atomic E-state index is 0.0727. The van der Waals surface area contributed by atoms with E-state index in [2.05, 4.69) is 5.32 Å². The van der Waals surface area contributed by atoms with Gasteiger partial charge in [0, 0.05) is 23.2 Å². The summed E-state index contributed by atoms with van der Waals surface area (Å²) >= 11 is 0. The minimum atomic E-state index is -0.756. The maximum Gasteiger partial charge on any atom is 0.333 e. The standard InChI is InChI=1S/C33H37NO4/c1-24(35)28-20-11-12-21-29(28)34-32(27-18-9-4-10-19-27)33(37)38-31(26-16-7-3-8-17-26)23-13-22-30(36)25-14-5-2-6-15-25/h2,4-6,9-12,14-15,18-21,26,31-32,34H,3,7-8,13,16-17,22-23H2,1H3/t31-,32?/m0/s1. The predicted octanol–water partition coefficient (Wildman–Crippen LogP) is 7.59. The topological polar surface area (TPSA) is 72.5 Å². The zero-order valence-electron chi connectivity index (χ0n) is 22.1. The Morgan fingerprint density at radius 3 is 2.16 bits per heavy atom. The Labute approximate surface area is 225 Å². The maximum absolute atomic E-state index is 13.8. The van der Waals surface area contributed by atoms with E-state index < -0.39 is 6.04 Å². The number of carbonyl (C=O) groups excluding carboxylic acids is 3. The highest BCUT2D eigenvalue weighted by Crippen LogP contribution is 2.32. The van der Waals surface area contributed by atoms with Crippen molar-refractivity contribution >= 4 is 23.2 Å². The molecule has 38 heavy (non-hydrogen) atoms. The normalized spacial score (nSPS) is 15.3. The molecular formula is C33H37NO4. The number of esters is 1. The summed E-state index contributed by atoms with van der Waals surface area (Å²) < 4.78 is 6.27. The van der Waals surface area contributed by atoms with Crippen LogP contribution >= 0.6 is 0 Å². The third-order valence-corrected chi connectivity index (χ3v) is 7.41. The van der Waals surface area contributed by atoms with Crippen LogP contribution in [0.4, 0.5) is 5.69 Å². The van der Waals surface area contributed by atoms with Crippen molar-refractivity contribution in [1.82, 2.24) is 0 Å². The van der Waals surface area contributed by atoms with Crippen LogP contribution < -0.4 is 5.32 Å². The molecule has 0 radical (unpaired) electrons. The summed E-state index contributed by atoms with van der Waals surface area (Å²) in [5.74, 6) is -0.0274. The van der Waals surface area contributed by atoms with Crippen LogP contribution in [0.1, 0.15) is 90.6 Å². The van der Waals surface area contributed by atoms with Gasteiger partial charge < -0.3 is 10.1 Å². The van der Waals surface area contributed by atoms with Crippen molar-refractivity contribution in [3.63, 3.8) is 0 Å². The molecule has 0 amide bonds. The molecule has 3 aromatic rings. The molecule has 4 rings (SSSR count). The first-order chi connectivity index (χ1) is 18.5. The van der Waals surface area contributed by atoms with Crippen molar-refractivity contribution in [3.05, 3.63) is 102 Å². The first kappa shape index (κ1) is 27.3. The molecule has 0 bridgehead atoms. The monoisotopic (exact) mass is 511 g/mol. The lowest BCUT2D eigenvalue weighted by molar-refractivity contribution is -0.154. The number of hydrogen-bond acceptors (Lipinski definition) is 5. The molecule has 0 saturated heterocycles. The second-order valence-electron chi connectivity index (χ2n) is 10.1. The summed E-state index contributed by atoms with van der Waals surface area (Å²) in [6.07, 6.45) is 7.03. The Bertz CT molecular complexity index is 1200. The van der Waals surface area contributed by atoms with Crippen LogP contribution in [0.15, 0.2) is 84.9 Å². The van der Waals surface area contributed by atoms with Gasteiger partial charge in [-0.3, -0.25) is 9.59 Å². The van der Waals surface area contributed by atoms with Gasteiger partial charge in [0.25, 0.3) is 0 Å². The summed E-state index contributed by atoms with van der Waals surface area (Å²) in [6, 6.07) is 25.3. The highest BCUT2D eigenvalue weighted by Gasteiger charge is 2.31. The van der Waals surface area contributed by atoms with E-state index in [4.69, 9.17) is 4.74 Å². The number of nitrogens with one attached hydrogen (secondary N) is 1. The maximum atomic E-state index is 13.8. The lowest BCUT2D eigenvalue weighted by Crippen LogP contribution is -2.33. The summed E-state index contributed by atoms with van der Waals surface area (Å²) in [7, 11) is 0. The van der Waals surface area contributed by atoms with Gasteiger partial charge in [0.1, 0.15) is 6.10 Å². The summed E-state index contributed by atoms with van der Waals surface area (Å²) in [4.78, 5) is 38.7. The third kappa shape index (κ3) is 7.41. The second-order valence-corrected chi connectivity index (χ2v) is 10.1. The first-order valence-electron chi connectivity index (χ1n) is 13.7. The van der Waals surface area contributed by atoms with Gasteiger partial charge in [-0.25, -0.2) is 4.79 Å². The molecule has 0 aromatic heterocycles. The fourth-order valence-electron chi connectivity index (χ4n) is 5.34. The smallest absolute Gasteiger partial charge is 0.333 e. The summed E-state index contributed by atoms with van der Waals surface area (Å²) in [5.41, 5.74) is 2.63. The van der Waals surface area contributed by atoms with Crippen LogP contribution in [0.3, 0.4) is 0 Å². The fraction of sp³-hybridized carbons (Fsp3) is 0.364. The second kappa shape index (κ2) is 13.7. The number of ketones is 2. The average Bonchev–Trinajstić information content (AvgIpc) is 2.96. The zero-order chi connectivity index (χ0) is 26.7. The van der Waals surface area contributed by atoms with E-state index in [9.17, 15) is 14.4 Å². The highest BCUT2D eigenvalue weighted by molar-refractivity contribution is 6.00. The predicted molar refractivity (Wildman–Crippen MR) is 150 cm³/mol. The van der Waals surface area contributed by atoms with Crippen LogP contribution in [0, 0.1) is 5.92 Å². The van der Waals surface area contributed by atoms with Gasteiger partial charge >= 0.3 is 5.97 Å². The van der Waals surface area contributed by atoms with Gasteiger partial charge in [-0.2, -0.15) is 0 Å². The van der Waals surface area contributed by atoms with Crippen molar-refractivity contribution in [1.29, 1.82) is 0 Å². The Balaban J connectivity index is 1.51. The number of para-hydroxylation sites is 1. The van der Waals surface area contributed by atoms with Gasteiger partial charge in [-0.1, -0.05) is 92.1 Å². The van der Waals surface area contributed by atoms with Gasteiger partial charge in [0.05, 0.1) is 0 Å².